The molecule has 0 aromatic heterocycles. The fraction of sp³-hybridized carbons (Fsp3) is 0.370. The zero-order chi connectivity index (χ0) is 25.9. The van der Waals surface area contributed by atoms with Gasteiger partial charge in [0.2, 0.25) is 11.8 Å². The number of allylic oxidation sites excluding steroid dienone is 6. The molecule has 0 bridgehead atoms. The van der Waals surface area contributed by atoms with E-state index >= 15 is 0 Å². The Bertz CT molecular complexity index is 1330. The molecule has 186 valence electrons. The number of carbonyl (C=O) groups excluding carboxylic acids is 4. The molecule has 9 nitrogen and oxygen atoms in total. The van der Waals surface area contributed by atoms with Gasteiger partial charge < -0.3 is 14.9 Å². The molecule has 3 aliphatic carbocycles. The Balaban J connectivity index is 1.65. The van der Waals surface area contributed by atoms with Gasteiger partial charge in [-0.3, -0.25) is 28.9 Å². The summed E-state index contributed by atoms with van der Waals surface area (Å²) in [5.41, 5.74) is 1.95. The van der Waals surface area contributed by atoms with Crippen molar-refractivity contribution in [3.63, 3.8) is 0 Å². The van der Waals surface area contributed by atoms with Gasteiger partial charge in [0.15, 0.2) is 23.1 Å². The Labute approximate surface area is 206 Å². The first-order chi connectivity index (χ1) is 17.1. The molecule has 5 rings (SSSR count). The zero-order valence-corrected chi connectivity index (χ0v) is 19.8. The van der Waals surface area contributed by atoms with Crippen LogP contribution in [0, 0.1) is 17.8 Å². The summed E-state index contributed by atoms with van der Waals surface area (Å²) in [6, 6.07) is 4.92. The zero-order valence-electron chi connectivity index (χ0n) is 19.8. The number of fused-ring (bicyclic) bond motifs is 3. The number of rotatable bonds is 5. The van der Waals surface area contributed by atoms with Gasteiger partial charge in [-0.1, -0.05) is 23.8 Å². The first-order valence-corrected chi connectivity index (χ1v) is 11.8. The highest BCUT2D eigenvalue weighted by Crippen LogP contribution is 2.56. The number of phenols is 1. The highest BCUT2D eigenvalue weighted by Gasteiger charge is 2.56. The fourth-order valence-corrected chi connectivity index (χ4v) is 6.15. The molecule has 1 aromatic carbocycles. The summed E-state index contributed by atoms with van der Waals surface area (Å²) >= 11 is 0. The number of methoxy groups -OCH3 is 1. The van der Waals surface area contributed by atoms with Gasteiger partial charge in [-0.2, -0.15) is 0 Å². The molecule has 0 radical (unpaired) electrons. The van der Waals surface area contributed by atoms with Crippen molar-refractivity contribution in [1.82, 2.24) is 4.90 Å². The van der Waals surface area contributed by atoms with Crippen LogP contribution in [0.1, 0.15) is 37.7 Å². The second-order valence-electron chi connectivity index (χ2n) is 9.60. The second-order valence-corrected chi connectivity index (χ2v) is 9.60. The van der Waals surface area contributed by atoms with E-state index in [2.05, 4.69) is 0 Å². The number of benzene rings is 1. The van der Waals surface area contributed by atoms with Crippen molar-refractivity contribution in [1.29, 1.82) is 0 Å². The Morgan fingerprint density at radius 2 is 1.89 bits per heavy atom. The average molecular weight is 491 g/mol. The van der Waals surface area contributed by atoms with Crippen LogP contribution in [-0.2, 0) is 24.0 Å². The lowest BCUT2D eigenvalue weighted by Gasteiger charge is -2.42. The van der Waals surface area contributed by atoms with Gasteiger partial charge >= 0.3 is 5.97 Å². The van der Waals surface area contributed by atoms with E-state index in [0.717, 1.165) is 4.90 Å². The lowest BCUT2D eigenvalue weighted by molar-refractivity contribution is -0.142. The summed E-state index contributed by atoms with van der Waals surface area (Å²) in [4.78, 5) is 65.0. The summed E-state index contributed by atoms with van der Waals surface area (Å²) in [5.74, 6) is -5.32. The van der Waals surface area contributed by atoms with Crippen molar-refractivity contribution in [2.45, 2.75) is 32.1 Å². The van der Waals surface area contributed by atoms with Gasteiger partial charge in [-0.15, -0.1) is 0 Å². The summed E-state index contributed by atoms with van der Waals surface area (Å²) in [6.45, 7) is 1.36. The molecule has 4 aliphatic rings. The van der Waals surface area contributed by atoms with Gasteiger partial charge in [-0.05, 0) is 37.8 Å². The minimum atomic E-state index is -1.11. The van der Waals surface area contributed by atoms with E-state index in [9.17, 15) is 29.1 Å². The van der Waals surface area contributed by atoms with Crippen molar-refractivity contribution in [2.24, 2.45) is 17.8 Å². The van der Waals surface area contributed by atoms with E-state index in [1.54, 1.807) is 25.1 Å². The Kier molecular flexibility index (Phi) is 5.65. The quantitative estimate of drug-likeness (QED) is 0.364. The van der Waals surface area contributed by atoms with Crippen LogP contribution in [-0.4, -0.2) is 58.1 Å². The monoisotopic (exact) mass is 491 g/mol. The molecule has 1 fully saturated rings. The number of likely N-dealkylation sites (tertiary alicyclic amines) is 1. The van der Waals surface area contributed by atoms with E-state index in [1.165, 1.54) is 13.2 Å². The van der Waals surface area contributed by atoms with Gasteiger partial charge in [0.05, 0.1) is 25.4 Å². The number of carboxylic acids is 1. The van der Waals surface area contributed by atoms with Crippen LogP contribution < -0.4 is 4.74 Å². The summed E-state index contributed by atoms with van der Waals surface area (Å²) < 4.78 is 5.28. The third-order valence-corrected chi connectivity index (χ3v) is 7.77. The number of ketones is 2. The number of Topliss-reactive ketones (excluding diaryl/α,β-unsaturated/α-hetero) is 1. The number of aliphatic carboxylic acids is 1. The van der Waals surface area contributed by atoms with Crippen LogP contribution in [0.5, 0.6) is 11.5 Å². The number of ether oxygens (including phenoxy) is 1. The maximum absolute atomic E-state index is 13.4. The normalized spacial score (nSPS) is 27.3. The van der Waals surface area contributed by atoms with Crippen LogP contribution in [0.3, 0.4) is 0 Å². The van der Waals surface area contributed by atoms with E-state index in [4.69, 9.17) is 9.84 Å². The van der Waals surface area contributed by atoms with Crippen LogP contribution in [0.25, 0.3) is 0 Å². The highest BCUT2D eigenvalue weighted by atomic mass is 16.5. The largest absolute Gasteiger partial charge is 0.504 e. The number of nitrogens with zero attached hydrogens (tertiary/aromatic N) is 1. The number of hydrogen-bond donors (Lipinski definition) is 2. The van der Waals surface area contributed by atoms with Crippen LogP contribution in [0.15, 0.2) is 52.6 Å². The summed E-state index contributed by atoms with van der Waals surface area (Å²) in [6.07, 6.45) is 3.14. The SMILES string of the molecule is COc1cccc(C2C3=CCC4C(=O)N(CCC(=O)O)C(=O)C4C3CC3=C2C(=O)C(C)=CC3=O)c1O. The molecule has 36 heavy (non-hydrogen) atoms. The molecule has 2 N–H and O–H groups in total. The second kappa shape index (κ2) is 8.58. The number of imide groups is 1. The van der Waals surface area contributed by atoms with Gasteiger partial charge in [0.1, 0.15) is 0 Å². The number of para-hydroxylation sites is 1. The lowest BCUT2D eigenvalue weighted by atomic mass is 9.59. The maximum atomic E-state index is 13.4. The molecule has 1 aliphatic heterocycles. The van der Waals surface area contributed by atoms with Crippen LogP contribution >= 0.6 is 0 Å². The number of phenolic OH excluding ortho intramolecular Hbond substituents is 1. The molecule has 1 aromatic rings. The van der Waals surface area contributed by atoms with Crippen LogP contribution in [0.2, 0.25) is 0 Å². The number of carboxylic acid groups (broad SMARTS) is 1. The summed E-state index contributed by atoms with van der Waals surface area (Å²) in [5, 5.41) is 20.1. The average Bonchev–Trinajstić information content (AvgIpc) is 3.09. The fourth-order valence-electron chi connectivity index (χ4n) is 6.15. The topological polar surface area (TPSA) is 138 Å². The number of hydrogen-bond acceptors (Lipinski definition) is 7. The van der Waals surface area contributed by atoms with Gasteiger partial charge in [0.25, 0.3) is 0 Å². The third-order valence-electron chi connectivity index (χ3n) is 7.77. The first-order valence-electron chi connectivity index (χ1n) is 11.8. The van der Waals surface area contributed by atoms with Crippen LogP contribution in [0.4, 0.5) is 0 Å². The predicted octanol–water partition coefficient (Wildman–Crippen LogP) is 2.31. The predicted molar refractivity (Wildman–Crippen MR) is 125 cm³/mol. The Hall–Kier alpha value is -4.01. The molecule has 0 spiro atoms. The maximum Gasteiger partial charge on any atom is 0.305 e. The number of aromatic hydroxyl groups is 1. The molecule has 4 unspecified atom stereocenters. The molecule has 4 atom stereocenters. The van der Waals surface area contributed by atoms with Crippen molar-refractivity contribution < 1.29 is 38.9 Å². The molecule has 1 heterocycles. The Morgan fingerprint density at radius 1 is 1.14 bits per heavy atom. The van der Waals surface area contributed by atoms with E-state index < -0.39 is 41.5 Å². The van der Waals surface area contributed by atoms with Gasteiger partial charge in [0, 0.05) is 34.7 Å². The molecule has 9 heteroatoms. The molecule has 0 saturated carbocycles. The van der Waals surface area contributed by atoms with E-state index in [-0.39, 0.29) is 60.0 Å². The Morgan fingerprint density at radius 3 is 2.58 bits per heavy atom. The number of carbonyl (C=O) groups is 5. The standard InChI is InChI=1S/C27H25NO8/c1-12-10-18(29)17-11-16-13(6-7-15-22(16)27(35)28(26(15)34)9-8-20(30)31)21(23(17)24(12)32)14-4-3-5-19(36-2)25(14)33/h3-6,10,15-16,21-22,33H,7-9,11H2,1-2H3,(H,30,31). The van der Waals surface area contributed by atoms with Crippen molar-refractivity contribution in [2.75, 3.05) is 13.7 Å². The van der Waals surface area contributed by atoms with Gasteiger partial charge in [-0.25, -0.2) is 0 Å². The van der Waals surface area contributed by atoms with Crippen molar-refractivity contribution in [3.05, 3.63) is 58.2 Å². The molecule has 2 amide bonds. The molecular formula is C27H25NO8. The van der Waals surface area contributed by atoms with Crippen molar-refractivity contribution in [3.8, 4) is 11.5 Å². The molecular weight excluding hydrogens is 466 g/mol. The summed E-state index contributed by atoms with van der Waals surface area (Å²) in [7, 11) is 1.41. The van der Waals surface area contributed by atoms with E-state index in [0.29, 0.717) is 16.7 Å². The molecule has 1 saturated heterocycles. The minimum absolute atomic E-state index is 0.115. The highest BCUT2D eigenvalue weighted by molar-refractivity contribution is 6.24. The third kappa shape index (κ3) is 3.41. The number of amides is 2. The van der Waals surface area contributed by atoms with Crippen molar-refractivity contribution >= 4 is 29.4 Å². The van der Waals surface area contributed by atoms with E-state index in [1.807, 2.05) is 6.08 Å². The first kappa shape index (κ1) is 23.7. The smallest absolute Gasteiger partial charge is 0.305 e. The minimum Gasteiger partial charge on any atom is -0.504 e. The lowest BCUT2D eigenvalue weighted by Crippen LogP contribution is -2.40.